The molecular weight excluding hydrogens is 461 g/mol. The molecule has 1 aromatic heterocycles. The van der Waals surface area contributed by atoms with Crippen LogP contribution in [0.5, 0.6) is 0 Å². The molecule has 0 bridgehead atoms. The second-order valence-corrected chi connectivity index (χ2v) is 9.31. The molecule has 0 saturated heterocycles. The van der Waals surface area contributed by atoms with Gasteiger partial charge in [-0.05, 0) is 43.3 Å². The SMILES string of the molecule is CCN(Cc1cc(Br)ccc1F)C(=O)c1occc1CS(=O)(=O)c1ccccc1. The highest BCUT2D eigenvalue weighted by Gasteiger charge is 2.26. The van der Waals surface area contributed by atoms with Gasteiger partial charge in [-0.25, -0.2) is 12.8 Å². The summed E-state index contributed by atoms with van der Waals surface area (Å²) in [5, 5.41) is 0. The van der Waals surface area contributed by atoms with Crippen molar-refractivity contribution in [2.75, 3.05) is 6.54 Å². The second kappa shape index (κ2) is 8.92. The molecule has 5 nitrogen and oxygen atoms in total. The van der Waals surface area contributed by atoms with Crippen LogP contribution < -0.4 is 0 Å². The van der Waals surface area contributed by atoms with Crippen LogP contribution in [0.1, 0.15) is 28.6 Å². The lowest BCUT2D eigenvalue weighted by molar-refractivity contribution is 0.0717. The number of nitrogens with zero attached hydrogens (tertiary/aromatic N) is 1. The van der Waals surface area contributed by atoms with Crippen molar-refractivity contribution in [3.8, 4) is 0 Å². The summed E-state index contributed by atoms with van der Waals surface area (Å²) in [4.78, 5) is 14.6. The Bertz CT molecular complexity index is 1110. The van der Waals surface area contributed by atoms with Crippen LogP contribution >= 0.6 is 15.9 Å². The molecule has 152 valence electrons. The molecule has 0 aliphatic rings. The standard InChI is InChI=1S/C21H19BrFNO4S/c1-2-24(13-16-12-17(22)8-9-19(16)23)21(25)20-15(10-11-28-20)14-29(26,27)18-6-4-3-5-7-18/h3-12H,2,13-14H2,1H3. The number of halogens is 2. The Morgan fingerprint density at radius 1 is 1.10 bits per heavy atom. The van der Waals surface area contributed by atoms with Crippen LogP contribution in [0.2, 0.25) is 0 Å². The first-order chi connectivity index (χ1) is 13.8. The molecule has 1 amide bonds. The van der Waals surface area contributed by atoms with E-state index >= 15 is 0 Å². The van der Waals surface area contributed by atoms with Crippen molar-refractivity contribution in [3.63, 3.8) is 0 Å². The molecule has 0 N–H and O–H groups in total. The van der Waals surface area contributed by atoms with Crippen LogP contribution in [-0.2, 0) is 22.1 Å². The monoisotopic (exact) mass is 479 g/mol. The molecule has 0 fully saturated rings. The molecular formula is C21H19BrFNO4S. The van der Waals surface area contributed by atoms with Gasteiger partial charge in [0.2, 0.25) is 0 Å². The molecule has 3 rings (SSSR count). The number of amides is 1. The number of furan rings is 1. The summed E-state index contributed by atoms with van der Waals surface area (Å²) < 4.78 is 45.5. The number of rotatable bonds is 7. The van der Waals surface area contributed by atoms with Crippen LogP contribution in [0, 0.1) is 5.82 Å². The van der Waals surface area contributed by atoms with E-state index in [1.54, 1.807) is 37.3 Å². The highest BCUT2D eigenvalue weighted by molar-refractivity contribution is 9.10. The lowest BCUT2D eigenvalue weighted by atomic mass is 10.2. The van der Waals surface area contributed by atoms with Gasteiger partial charge in [0.15, 0.2) is 15.6 Å². The van der Waals surface area contributed by atoms with Crippen molar-refractivity contribution in [2.45, 2.75) is 24.1 Å². The number of benzene rings is 2. The minimum absolute atomic E-state index is 0.0339. The molecule has 0 aliphatic carbocycles. The van der Waals surface area contributed by atoms with Gasteiger partial charge in [0.05, 0.1) is 16.9 Å². The first-order valence-corrected chi connectivity index (χ1v) is 11.3. The molecule has 3 aromatic rings. The summed E-state index contributed by atoms with van der Waals surface area (Å²) >= 11 is 3.30. The first-order valence-electron chi connectivity index (χ1n) is 8.89. The summed E-state index contributed by atoms with van der Waals surface area (Å²) in [5.74, 6) is -1.33. The fourth-order valence-corrected chi connectivity index (χ4v) is 4.68. The Morgan fingerprint density at radius 2 is 1.83 bits per heavy atom. The zero-order valence-electron chi connectivity index (χ0n) is 15.6. The Labute approximate surface area is 177 Å². The van der Waals surface area contributed by atoms with Crippen molar-refractivity contribution in [1.29, 1.82) is 0 Å². The lowest BCUT2D eigenvalue weighted by Crippen LogP contribution is -2.31. The number of carbonyl (C=O) groups is 1. The van der Waals surface area contributed by atoms with E-state index in [0.29, 0.717) is 16.6 Å². The molecule has 0 aliphatic heterocycles. The van der Waals surface area contributed by atoms with Gasteiger partial charge in [0, 0.05) is 28.7 Å². The molecule has 2 aromatic carbocycles. The van der Waals surface area contributed by atoms with Gasteiger partial charge in [0.1, 0.15) is 5.82 Å². The van der Waals surface area contributed by atoms with E-state index in [9.17, 15) is 17.6 Å². The van der Waals surface area contributed by atoms with Crippen molar-refractivity contribution >= 4 is 31.7 Å². The van der Waals surface area contributed by atoms with Crippen LogP contribution in [0.4, 0.5) is 4.39 Å². The average Bonchev–Trinajstić information content (AvgIpc) is 3.16. The van der Waals surface area contributed by atoms with Crippen molar-refractivity contribution in [1.82, 2.24) is 4.90 Å². The van der Waals surface area contributed by atoms with E-state index < -0.39 is 21.6 Å². The predicted molar refractivity (Wildman–Crippen MR) is 111 cm³/mol. The third kappa shape index (κ3) is 4.94. The normalized spacial score (nSPS) is 11.4. The highest BCUT2D eigenvalue weighted by atomic mass is 79.9. The van der Waals surface area contributed by atoms with Crippen LogP contribution in [0.25, 0.3) is 0 Å². The molecule has 0 unspecified atom stereocenters. The largest absolute Gasteiger partial charge is 0.459 e. The number of carbonyl (C=O) groups excluding carboxylic acids is 1. The lowest BCUT2D eigenvalue weighted by Gasteiger charge is -2.21. The number of sulfone groups is 1. The quantitative estimate of drug-likeness (QED) is 0.487. The fraction of sp³-hybridized carbons (Fsp3) is 0.190. The molecule has 29 heavy (non-hydrogen) atoms. The molecule has 0 saturated carbocycles. The van der Waals surface area contributed by atoms with Crippen molar-refractivity contribution in [2.24, 2.45) is 0 Å². The van der Waals surface area contributed by atoms with E-state index in [1.807, 2.05) is 0 Å². The van der Waals surface area contributed by atoms with Crippen LogP contribution in [0.3, 0.4) is 0 Å². The van der Waals surface area contributed by atoms with Gasteiger partial charge < -0.3 is 9.32 Å². The number of hydrogen-bond acceptors (Lipinski definition) is 4. The summed E-state index contributed by atoms with van der Waals surface area (Å²) in [6, 6.07) is 14.0. The number of hydrogen-bond donors (Lipinski definition) is 0. The van der Waals surface area contributed by atoms with Crippen LogP contribution in [0.15, 0.2) is 74.6 Å². The van der Waals surface area contributed by atoms with Crippen molar-refractivity contribution < 1.29 is 22.0 Å². The summed E-state index contributed by atoms with van der Waals surface area (Å²) in [7, 11) is -3.64. The minimum Gasteiger partial charge on any atom is -0.459 e. The maximum absolute atomic E-state index is 14.1. The highest BCUT2D eigenvalue weighted by Crippen LogP contribution is 2.23. The van der Waals surface area contributed by atoms with Crippen molar-refractivity contribution in [3.05, 3.63) is 88.0 Å². The molecule has 0 radical (unpaired) electrons. The third-order valence-electron chi connectivity index (χ3n) is 4.43. The van der Waals surface area contributed by atoms with E-state index in [0.717, 1.165) is 0 Å². The summed E-state index contributed by atoms with van der Waals surface area (Å²) in [6.07, 6.45) is 1.29. The molecule has 8 heteroatoms. The molecule has 0 spiro atoms. The Hall–Kier alpha value is -2.45. The maximum atomic E-state index is 14.1. The Kier molecular flexibility index (Phi) is 6.54. The first kappa shape index (κ1) is 21.3. The molecule has 0 atom stereocenters. The zero-order valence-corrected chi connectivity index (χ0v) is 18.0. The minimum atomic E-state index is -3.64. The summed E-state index contributed by atoms with van der Waals surface area (Å²) in [6.45, 7) is 2.10. The van der Waals surface area contributed by atoms with E-state index in [2.05, 4.69) is 15.9 Å². The topological polar surface area (TPSA) is 67.6 Å². The Balaban J connectivity index is 1.85. The fourth-order valence-electron chi connectivity index (χ4n) is 2.89. The van der Waals surface area contributed by atoms with Gasteiger partial charge in [-0.2, -0.15) is 0 Å². The van der Waals surface area contributed by atoms with E-state index in [1.165, 1.54) is 35.4 Å². The third-order valence-corrected chi connectivity index (χ3v) is 6.60. The van der Waals surface area contributed by atoms with Gasteiger partial charge in [-0.3, -0.25) is 4.79 Å². The van der Waals surface area contributed by atoms with E-state index in [4.69, 9.17) is 4.42 Å². The van der Waals surface area contributed by atoms with Gasteiger partial charge in [0.25, 0.3) is 5.91 Å². The molecule has 1 heterocycles. The Morgan fingerprint density at radius 3 is 2.52 bits per heavy atom. The maximum Gasteiger partial charge on any atom is 0.290 e. The average molecular weight is 480 g/mol. The summed E-state index contributed by atoms with van der Waals surface area (Å²) in [5.41, 5.74) is 0.617. The van der Waals surface area contributed by atoms with Crippen LogP contribution in [-0.4, -0.2) is 25.8 Å². The zero-order chi connectivity index (χ0) is 21.0. The van der Waals surface area contributed by atoms with Gasteiger partial charge in [-0.1, -0.05) is 34.1 Å². The van der Waals surface area contributed by atoms with Gasteiger partial charge in [-0.15, -0.1) is 0 Å². The smallest absolute Gasteiger partial charge is 0.290 e. The van der Waals surface area contributed by atoms with Gasteiger partial charge >= 0.3 is 0 Å². The predicted octanol–water partition coefficient (Wildman–Crippen LogP) is 4.82. The van der Waals surface area contributed by atoms with E-state index in [-0.39, 0.29) is 28.5 Å². The second-order valence-electron chi connectivity index (χ2n) is 6.40.